The Morgan fingerprint density at radius 1 is 1.78 bits per heavy atom. The molecule has 0 bridgehead atoms. The van der Waals surface area contributed by atoms with Crippen molar-refractivity contribution >= 4 is 0 Å². The summed E-state index contributed by atoms with van der Waals surface area (Å²) in [5.41, 5.74) is 7.63. The van der Waals surface area contributed by atoms with Crippen LogP contribution in [0.2, 0.25) is 0 Å². The van der Waals surface area contributed by atoms with Gasteiger partial charge in [-0.1, -0.05) is 5.11 Å². The van der Waals surface area contributed by atoms with Gasteiger partial charge in [0.25, 0.3) is 0 Å². The van der Waals surface area contributed by atoms with Crippen molar-refractivity contribution in [3.63, 3.8) is 0 Å². The second-order valence-corrected chi connectivity index (χ2v) is 2.28. The minimum atomic E-state index is -0.272. The standard InChI is InChI=1S/C5H6N4/c6-3-5(1-2-5)4-8-9-7/h1-2,4H2. The molecule has 0 spiro atoms. The second kappa shape index (κ2) is 1.96. The molecule has 0 aliphatic heterocycles. The molecule has 0 radical (unpaired) electrons. The van der Waals surface area contributed by atoms with Crippen molar-refractivity contribution < 1.29 is 0 Å². The minimum absolute atomic E-state index is 0.272. The van der Waals surface area contributed by atoms with E-state index in [1.165, 1.54) is 0 Å². The van der Waals surface area contributed by atoms with E-state index in [9.17, 15) is 0 Å². The van der Waals surface area contributed by atoms with Gasteiger partial charge in [0.15, 0.2) is 0 Å². The fourth-order valence-corrected chi connectivity index (χ4v) is 0.623. The fourth-order valence-electron chi connectivity index (χ4n) is 0.623. The van der Waals surface area contributed by atoms with Crippen LogP contribution in [0.5, 0.6) is 0 Å². The third kappa shape index (κ3) is 1.13. The lowest BCUT2D eigenvalue weighted by molar-refractivity contribution is 0.680. The van der Waals surface area contributed by atoms with Gasteiger partial charge in [0.05, 0.1) is 11.5 Å². The molecule has 0 unspecified atom stereocenters. The highest BCUT2D eigenvalue weighted by Crippen LogP contribution is 2.44. The number of hydrogen-bond donors (Lipinski definition) is 0. The molecule has 46 valence electrons. The third-order valence-corrected chi connectivity index (χ3v) is 1.53. The van der Waals surface area contributed by atoms with E-state index in [1.807, 2.05) is 0 Å². The van der Waals surface area contributed by atoms with Crippen LogP contribution in [0.25, 0.3) is 10.4 Å². The van der Waals surface area contributed by atoms with E-state index >= 15 is 0 Å². The van der Waals surface area contributed by atoms with E-state index in [1.54, 1.807) is 0 Å². The fraction of sp³-hybridized carbons (Fsp3) is 0.800. The lowest BCUT2D eigenvalue weighted by Crippen LogP contribution is -1.98. The summed E-state index contributed by atoms with van der Waals surface area (Å²) in [6.07, 6.45) is 1.78. The maximum atomic E-state index is 8.45. The summed E-state index contributed by atoms with van der Waals surface area (Å²) in [6.45, 7) is 0.347. The maximum absolute atomic E-state index is 8.45. The summed E-state index contributed by atoms with van der Waals surface area (Å²) in [5, 5.41) is 11.8. The minimum Gasteiger partial charge on any atom is -0.198 e. The van der Waals surface area contributed by atoms with Crippen LogP contribution in [0.15, 0.2) is 5.11 Å². The van der Waals surface area contributed by atoms with E-state index in [2.05, 4.69) is 16.1 Å². The predicted molar refractivity (Wildman–Crippen MR) is 31.3 cm³/mol. The Bertz CT molecular complexity index is 191. The SMILES string of the molecule is N#CC1(CN=[N+]=[N-])CC1. The molecule has 1 aliphatic rings. The molecule has 1 saturated carbocycles. The number of nitriles is 1. The highest BCUT2D eigenvalue weighted by molar-refractivity contribution is 5.10. The van der Waals surface area contributed by atoms with Crippen LogP contribution in [0.4, 0.5) is 0 Å². The quantitative estimate of drug-likeness (QED) is 0.311. The van der Waals surface area contributed by atoms with E-state index < -0.39 is 0 Å². The summed E-state index contributed by atoms with van der Waals surface area (Å²) < 4.78 is 0. The second-order valence-electron chi connectivity index (χ2n) is 2.28. The van der Waals surface area contributed by atoms with Crippen molar-refractivity contribution in [3.8, 4) is 6.07 Å². The highest BCUT2D eigenvalue weighted by Gasteiger charge is 2.42. The summed E-state index contributed by atoms with van der Waals surface area (Å²) in [5.74, 6) is 0. The van der Waals surface area contributed by atoms with Gasteiger partial charge in [0, 0.05) is 11.5 Å². The first-order valence-electron chi connectivity index (χ1n) is 2.75. The van der Waals surface area contributed by atoms with Crippen molar-refractivity contribution in [2.24, 2.45) is 10.5 Å². The molecule has 0 aromatic carbocycles. The Morgan fingerprint density at radius 2 is 2.44 bits per heavy atom. The zero-order valence-corrected chi connectivity index (χ0v) is 4.91. The Hall–Kier alpha value is -1.20. The van der Waals surface area contributed by atoms with Gasteiger partial charge in [-0.05, 0) is 18.4 Å². The van der Waals surface area contributed by atoms with Gasteiger partial charge in [0.1, 0.15) is 0 Å². The van der Waals surface area contributed by atoms with Gasteiger partial charge in [-0.15, -0.1) is 0 Å². The summed E-state index contributed by atoms with van der Waals surface area (Å²) in [7, 11) is 0. The van der Waals surface area contributed by atoms with Gasteiger partial charge in [-0.3, -0.25) is 0 Å². The zero-order valence-electron chi connectivity index (χ0n) is 4.91. The largest absolute Gasteiger partial charge is 0.198 e. The molecule has 0 N–H and O–H groups in total. The molecule has 0 atom stereocenters. The lowest BCUT2D eigenvalue weighted by Gasteiger charge is -1.93. The van der Waals surface area contributed by atoms with Crippen molar-refractivity contribution in [3.05, 3.63) is 10.4 Å². The molecule has 0 amide bonds. The van der Waals surface area contributed by atoms with E-state index in [0.29, 0.717) is 6.54 Å². The van der Waals surface area contributed by atoms with Crippen LogP contribution in [0.1, 0.15) is 12.8 Å². The molecule has 1 fully saturated rings. The Labute approximate surface area is 52.7 Å². The van der Waals surface area contributed by atoms with Gasteiger partial charge in [-0.2, -0.15) is 5.26 Å². The van der Waals surface area contributed by atoms with Crippen LogP contribution in [0.3, 0.4) is 0 Å². The summed E-state index contributed by atoms with van der Waals surface area (Å²) in [6, 6.07) is 2.12. The highest BCUT2D eigenvalue weighted by atomic mass is 15.1. The molecule has 1 aliphatic carbocycles. The molecule has 4 heteroatoms. The van der Waals surface area contributed by atoms with Crippen LogP contribution < -0.4 is 0 Å². The molecule has 4 nitrogen and oxygen atoms in total. The maximum Gasteiger partial charge on any atom is 0.0691 e. The van der Waals surface area contributed by atoms with Gasteiger partial charge in [0.2, 0.25) is 0 Å². The molecule has 9 heavy (non-hydrogen) atoms. The molecule has 1 rings (SSSR count). The number of rotatable bonds is 2. The predicted octanol–water partition coefficient (Wildman–Crippen LogP) is 1.60. The van der Waals surface area contributed by atoms with Crippen molar-refractivity contribution in [1.29, 1.82) is 5.26 Å². The van der Waals surface area contributed by atoms with Gasteiger partial charge in [-0.25, -0.2) is 0 Å². The molecule has 0 heterocycles. The number of azide groups is 1. The molecule has 0 aromatic heterocycles. The number of hydrogen-bond acceptors (Lipinski definition) is 2. The van der Waals surface area contributed by atoms with Crippen molar-refractivity contribution in [1.82, 2.24) is 0 Å². The summed E-state index contributed by atoms with van der Waals surface area (Å²) >= 11 is 0. The molecule has 0 aromatic rings. The van der Waals surface area contributed by atoms with E-state index in [0.717, 1.165) is 12.8 Å². The average Bonchev–Trinajstić information content (AvgIpc) is 2.65. The molecular formula is C5H6N4. The van der Waals surface area contributed by atoms with Crippen molar-refractivity contribution in [2.45, 2.75) is 12.8 Å². The average molecular weight is 122 g/mol. The Kier molecular flexibility index (Phi) is 1.29. The Morgan fingerprint density at radius 3 is 2.78 bits per heavy atom. The van der Waals surface area contributed by atoms with Crippen LogP contribution in [-0.2, 0) is 0 Å². The first kappa shape index (κ1) is 5.93. The smallest absolute Gasteiger partial charge is 0.0691 e. The first-order chi connectivity index (χ1) is 4.33. The van der Waals surface area contributed by atoms with Gasteiger partial charge < -0.3 is 0 Å². The lowest BCUT2D eigenvalue weighted by atomic mass is 10.1. The van der Waals surface area contributed by atoms with Crippen LogP contribution in [0, 0.1) is 16.7 Å². The summed E-state index contributed by atoms with van der Waals surface area (Å²) in [4.78, 5) is 2.58. The number of nitrogens with zero attached hydrogens (tertiary/aromatic N) is 4. The van der Waals surface area contributed by atoms with E-state index in [4.69, 9.17) is 10.8 Å². The molecular weight excluding hydrogens is 116 g/mol. The Balaban J connectivity index is 2.45. The molecule has 0 saturated heterocycles. The van der Waals surface area contributed by atoms with Crippen LogP contribution >= 0.6 is 0 Å². The zero-order chi connectivity index (χ0) is 6.74. The van der Waals surface area contributed by atoms with Crippen LogP contribution in [-0.4, -0.2) is 6.54 Å². The monoisotopic (exact) mass is 122 g/mol. The third-order valence-electron chi connectivity index (χ3n) is 1.53. The van der Waals surface area contributed by atoms with Gasteiger partial charge >= 0.3 is 0 Å². The topological polar surface area (TPSA) is 72.5 Å². The first-order valence-corrected chi connectivity index (χ1v) is 2.75. The van der Waals surface area contributed by atoms with Crippen molar-refractivity contribution in [2.75, 3.05) is 6.54 Å². The normalized spacial score (nSPS) is 19.4. The van der Waals surface area contributed by atoms with E-state index in [-0.39, 0.29) is 5.41 Å².